The number of aliphatic hydroxyl groups is 1. The van der Waals surface area contributed by atoms with Crippen LogP contribution in [-0.4, -0.2) is 53.0 Å². The summed E-state index contributed by atoms with van der Waals surface area (Å²) in [4.78, 5) is 14.5. The van der Waals surface area contributed by atoms with Crippen LogP contribution in [0.4, 0.5) is 0 Å². The van der Waals surface area contributed by atoms with Gasteiger partial charge in [-0.25, -0.2) is 0 Å². The maximum absolute atomic E-state index is 12.6. The van der Waals surface area contributed by atoms with E-state index in [2.05, 4.69) is 5.16 Å². The number of nitrogens with zero attached hydrogens (tertiary/aromatic N) is 2. The van der Waals surface area contributed by atoms with Crippen LogP contribution in [0, 0.1) is 19.8 Å². The van der Waals surface area contributed by atoms with Crippen molar-refractivity contribution in [3.8, 4) is 0 Å². The molecule has 0 radical (unpaired) electrons. The smallest absolute Gasteiger partial charge is 0.227 e. The van der Waals surface area contributed by atoms with Gasteiger partial charge in [-0.05, 0) is 51.9 Å². The van der Waals surface area contributed by atoms with E-state index >= 15 is 0 Å². The summed E-state index contributed by atoms with van der Waals surface area (Å²) in [6.07, 6.45) is 5.06. The molecular formula is C18H28N2O4. The van der Waals surface area contributed by atoms with E-state index in [1.807, 2.05) is 18.7 Å². The minimum absolute atomic E-state index is 0.0854. The quantitative estimate of drug-likeness (QED) is 0.910. The van der Waals surface area contributed by atoms with Crippen LogP contribution in [0.25, 0.3) is 0 Å². The monoisotopic (exact) mass is 336 g/mol. The molecule has 1 spiro atoms. The van der Waals surface area contributed by atoms with E-state index < -0.39 is 0 Å². The van der Waals surface area contributed by atoms with Gasteiger partial charge in [0.25, 0.3) is 0 Å². The van der Waals surface area contributed by atoms with Crippen molar-refractivity contribution < 1.29 is 19.2 Å². The number of rotatable bonds is 4. The van der Waals surface area contributed by atoms with Gasteiger partial charge in [-0.1, -0.05) is 5.16 Å². The predicted octanol–water partition coefficient (Wildman–Crippen LogP) is 2.00. The average molecular weight is 336 g/mol. The standard InChI is InChI=1S/C18H28N2O4/c1-13-16(14(2)24-19-13)11-17(22)20-7-5-18(6-8-20)12-15(3-9-21)4-10-23-18/h15,21H,3-12H2,1-2H3. The third kappa shape index (κ3) is 3.64. The second-order valence-electron chi connectivity index (χ2n) is 7.26. The molecule has 1 unspecified atom stereocenters. The highest BCUT2D eigenvalue weighted by atomic mass is 16.5. The fourth-order valence-corrected chi connectivity index (χ4v) is 4.09. The van der Waals surface area contributed by atoms with Gasteiger partial charge in [0.2, 0.25) is 5.91 Å². The van der Waals surface area contributed by atoms with E-state index in [0.717, 1.165) is 68.8 Å². The van der Waals surface area contributed by atoms with Crippen LogP contribution >= 0.6 is 0 Å². The number of likely N-dealkylation sites (tertiary alicyclic amines) is 1. The maximum Gasteiger partial charge on any atom is 0.227 e. The predicted molar refractivity (Wildman–Crippen MR) is 88.6 cm³/mol. The highest BCUT2D eigenvalue weighted by Crippen LogP contribution is 2.38. The number of carbonyl (C=O) groups is 1. The highest BCUT2D eigenvalue weighted by Gasteiger charge is 2.40. The lowest BCUT2D eigenvalue weighted by molar-refractivity contribution is -0.147. The number of amides is 1. The fourth-order valence-electron chi connectivity index (χ4n) is 4.09. The van der Waals surface area contributed by atoms with E-state index in [-0.39, 0.29) is 18.1 Å². The summed E-state index contributed by atoms with van der Waals surface area (Å²) in [5.74, 6) is 1.42. The lowest BCUT2D eigenvalue weighted by atomic mass is 9.78. The van der Waals surface area contributed by atoms with E-state index in [1.54, 1.807) is 0 Å². The zero-order chi connectivity index (χ0) is 17.2. The summed E-state index contributed by atoms with van der Waals surface area (Å²) in [5, 5.41) is 13.1. The molecule has 0 aromatic carbocycles. The molecule has 6 nitrogen and oxygen atoms in total. The molecule has 2 aliphatic rings. The third-order valence-electron chi connectivity index (χ3n) is 5.67. The Balaban J connectivity index is 1.55. The van der Waals surface area contributed by atoms with Gasteiger partial charge in [-0.15, -0.1) is 0 Å². The van der Waals surface area contributed by atoms with Crippen LogP contribution in [0.3, 0.4) is 0 Å². The lowest BCUT2D eigenvalue weighted by Crippen LogP contribution is -2.51. The van der Waals surface area contributed by atoms with Crippen molar-refractivity contribution in [1.82, 2.24) is 10.1 Å². The molecule has 0 bridgehead atoms. The van der Waals surface area contributed by atoms with Crippen LogP contribution in [0.15, 0.2) is 4.52 Å². The molecule has 3 heterocycles. The molecule has 0 aliphatic carbocycles. The van der Waals surface area contributed by atoms with Crippen LogP contribution < -0.4 is 0 Å². The third-order valence-corrected chi connectivity index (χ3v) is 5.67. The Labute approximate surface area is 143 Å². The Morgan fingerprint density at radius 1 is 1.38 bits per heavy atom. The van der Waals surface area contributed by atoms with Crippen molar-refractivity contribution in [2.75, 3.05) is 26.3 Å². The minimum atomic E-state index is -0.0854. The molecular weight excluding hydrogens is 308 g/mol. The topological polar surface area (TPSA) is 75.8 Å². The van der Waals surface area contributed by atoms with Crippen molar-refractivity contribution in [2.24, 2.45) is 5.92 Å². The first-order chi connectivity index (χ1) is 11.5. The zero-order valence-electron chi connectivity index (χ0n) is 14.7. The molecule has 3 rings (SSSR count). The number of carbonyl (C=O) groups excluding carboxylic acids is 1. The van der Waals surface area contributed by atoms with Gasteiger partial charge in [0.15, 0.2) is 0 Å². The van der Waals surface area contributed by atoms with Gasteiger partial charge in [-0.2, -0.15) is 0 Å². The van der Waals surface area contributed by atoms with E-state index in [1.165, 1.54) is 0 Å². The molecule has 134 valence electrons. The second-order valence-corrected chi connectivity index (χ2v) is 7.26. The summed E-state index contributed by atoms with van der Waals surface area (Å²) >= 11 is 0. The van der Waals surface area contributed by atoms with Gasteiger partial charge in [0.05, 0.1) is 17.7 Å². The summed E-state index contributed by atoms with van der Waals surface area (Å²) in [7, 11) is 0. The first-order valence-electron chi connectivity index (χ1n) is 8.97. The van der Waals surface area contributed by atoms with Crippen molar-refractivity contribution in [1.29, 1.82) is 0 Å². The van der Waals surface area contributed by atoms with Gasteiger partial charge in [-0.3, -0.25) is 4.79 Å². The Bertz CT molecular complexity index is 554. The number of piperidine rings is 1. The Kier molecular flexibility index (Phi) is 5.25. The van der Waals surface area contributed by atoms with E-state index in [0.29, 0.717) is 12.3 Å². The molecule has 1 aromatic heterocycles. The fraction of sp³-hybridized carbons (Fsp3) is 0.778. The molecule has 1 atom stereocenters. The first-order valence-corrected chi connectivity index (χ1v) is 8.97. The maximum atomic E-state index is 12.6. The number of aryl methyl sites for hydroxylation is 2. The van der Waals surface area contributed by atoms with Gasteiger partial charge in [0, 0.05) is 31.9 Å². The van der Waals surface area contributed by atoms with Gasteiger partial charge in [0.1, 0.15) is 5.76 Å². The summed E-state index contributed by atoms with van der Waals surface area (Å²) in [6.45, 7) is 6.25. The molecule has 2 aliphatic heterocycles. The summed E-state index contributed by atoms with van der Waals surface area (Å²) < 4.78 is 11.3. The van der Waals surface area contributed by atoms with Crippen molar-refractivity contribution in [2.45, 2.75) is 58.0 Å². The number of hydrogen-bond donors (Lipinski definition) is 1. The summed E-state index contributed by atoms with van der Waals surface area (Å²) in [5.41, 5.74) is 1.63. The number of hydrogen-bond acceptors (Lipinski definition) is 5. The zero-order valence-corrected chi connectivity index (χ0v) is 14.7. The van der Waals surface area contributed by atoms with Crippen LogP contribution in [0.5, 0.6) is 0 Å². The first kappa shape index (κ1) is 17.4. The molecule has 2 fully saturated rings. The number of aromatic nitrogens is 1. The Hall–Kier alpha value is -1.40. The molecule has 1 amide bonds. The van der Waals surface area contributed by atoms with Crippen molar-refractivity contribution >= 4 is 5.91 Å². The Morgan fingerprint density at radius 3 is 2.75 bits per heavy atom. The minimum Gasteiger partial charge on any atom is -0.396 e. The van der Waals surface area contributed by atoms with Gasteiger partial charge < -0.3 is 19.3 Å². The Morgan fingerprint density at radius 2 is 2.12 bits per heavy atom. The molecule has 6 heteroatoms. The van der Waals surface area contributed by atoms with Crippen LogP contribution in [0.2, 0.25) is 0 Å². The van der Waals surface area contributed by atoms with Crippen LogP contribution in [-0.2, 0) is 16.0 Å². The molecule has 2 saturated heterocycles. The molecule has 0 saturated carbocycles. The molecule has 1 N–H and O–H groups in total. The van der Waals surface area contributed by atoms with Gasteiger partial charge >= 0.3 is 0 Å². The molecule has 24 heavy (non-hydrogen) atoms. The van der Waals surface area contributed by atoms with Crippen molar-refractivity contribution in [3.63, 3.8) is 0 Å². The average Bonchev–Trinajstić information content (AvgIpc) is 2.88. The van der Waals surface area contributed by atoms with E-state index in [9.17, 15) is 9.90 Å². The SMILES string of the molecule is Cc1noc(C)c1CC(=O)N1CCC2(CC1)CC(CCO)CCO2. The van der Waals surface area contributed by atoms with Crippen LogP contribution in [0.1, 0.15) is 49.1 Å². The second kappa shape index (κ2) is 7.23. The highest BCUT2D eigenvalue weighted by molar-refractivity contribution is 5.79. The molecule has 1 aromatic rings. The normalized spacial score (nSPS) is 23.6. The van der Waals surface area contributed by atoms with E-state index in [4.69, 9.17) is 9.26 Å². The summed E-state index contributed by atoms with van der Waals surface area (Å²) in [6, 6.07) is 0. The number of ether oxygens (including phenoxy) is 1. The lowest BCUT2D eigenvalue weighted by Gasteiger charge is -2.46. The number of aliphatic hydroxyl groups excluding tert-OH is 1. The van der Waals surface area contributed by atoms with Crippen molar-refractivity contribution in [3.05, 3.63) is 17.0 Å². The largest absolute Gasteiger partial charge is 0.396 e.